The first-order valence-electron chi connectivity index (χ1n) is 8.47. The molecule has 2 aromatic carbocycles. The number of anilines is 1. The molecular weight excluding hydrogens is 397 g/mol. The number of benzene rings is 2. The number of carbonyl (C=O) groups excluding carboxylic acids is 1. The molecule has 0 atom stereocenters. The summed E-state index contributed by atoms with van der Waals surface area (Å²) in [6, 6.07) is 16.3. The molecule has 0 aliphatic heterocycles. The molecule has 7 nitrogen and oxygen atoms in total. The Morgan fingerprint density at radius 2 is 1.97 bits per heavy atom. The van der Waals surface area contributed by atoms with Crippen LogP contribution in [0.4, 0.5) is 10.1 Å². The van der Waals surface area contributed by atoms with Crippen molar-refractivity contribution in [3.05, 3.63) is 83.5 Å². The van der Waals surface area contributed by atoms with E-state index in [9.17, 15) is 9.18 Å². The van der Waals surface area contributed by atoms with Crippen LogP contribution in [0, 0.1) is 5.82 Å². The molecule has 4 rings (SSSR count). The minimum absolute atomic E-state index is 0.0307. The number of aromatic nitrogens is 4. The minimum Gasteiger partial charge on any atom is -0.465 e. The Morgan fingerprint density at radius 1 is 1.14 bits per heavy atom. The van der Waals surface area contributed by atoms with E-state index >= 15 is 0 Å². The number of hydrogen-bond donors (Lipinski definition) is 1. The van der Waals surface area contributed by atoms with E-state index in [-0.39, 0.29) is 16.4 Å². The third-order valence-corrected chi connectivity index (χ3v) is 4.20. The zero-order chi connectivity index (χ0) is 20.2. The molecule has 0 saturated heterocycles. The number of tetrazole rings is 1. The van der Waals surface area contributed by atoms with Crippen LogP contribution in [0.2, 0.25) is 5.02 Å². The maximum absolute atomic E-state index is 14.1. The normalized spacial score (nSPS) is 11.4. The smallest absolute Gasteiger partial charge is 0.274 e. The fourth-order valence-electron chi connectivity index (χ4n) is 2.63. The number of rotatable bonds is 5. The zero-order valence-electron chi connectivity index (χ0n) is 14.8. The standard InChI is InChI=1S/C20H13ClFN5O2/c21-14-8-9-16(22)17(11-14)23-20(28)18(12-15-7-4-10-29-15)27-19(24-25-26-27)13-5-2-1-3-6-13/h1-12H,(H,23,28)/b18-12+. The lowest BCUT2D eigenvalue weighted by atomic mass is 10.2. The molecule has 2 aromatic heterocycles. The van der Waals surface area contributed by atoms with Gasteiger partial charge in [0, 0.05) is 16.7 Å². The van der Waals surface area contributed by atoms with E-state index in [2.05, 4.69) is 20.8 Å². The molecule has 0 bridgehead atoms. The Labute approximate surface area is 169 Å². The second-order valence-electron chi connectivity index (χ2n) is 5.90. The number of nitrogens with zero attached hydrogens (tertiary/aromatic N) is 4. The van der Waals surface area contributed by atoms with Gasteiger partial charge in [-0.1, -0.05) is 41.9 Å². The second kappa shape index (κ2) is 8.07. The highest BCUT2D eigenvalue weighted by Crippen LogP contribution is 2.24. The predicted molar refractivity (Wildman–Crippen MR) is 106 cm³/mol. The van der Waals surface area contributed by atoms with Crippen molar-refractivity contribution in [3.63, 3.8) is 0 Å². The minimum atomic E-state index is -0.646. The predicted octanol–water partition coefficient (Wildman–Crippen LogP) is 4.36. The van der Waals surface area contributed by atoms with Crippen molar-refractivity contribution in [2.45, 2.75) is 0 Å². The first-order chi connectivity index (χ1) is 14.1. The molecule has 2 heterocycles. The van der Waals surface area contributed by atoms with Crippen LogP contribution < -0.4 is 5.32 Å². The molecule has 4 aromatic rings. The van der Waals surface area contributed by atoms with E-state index in [1.165, 1.54) is 35.2 Å². The van der Waals surface area contributed by atoms with E-state index in [0.29, 0.717) is 17.1 Å². The molecule has 0 unspecified atom stereocenters. The molecule has 0 radical (unpaired) electrons. The Kier molecular flexibility index (Phi) is 5.17. The van der Waals surface area contributed by atoms with Crippen LogP contribution in [0.1, 0.15) is 5.76 Å². The molecule has 0 aliphatic rings. The quantitative estimate of drug-likeness (QED) is 0.495. The van der Waals surface area contributed by atoms with Gasteiger partial charge in [-0.15, -0.1) is 5.10 Å². The summed E-state index contributed by atoms with van der Waals surface area (Å²) >= 11 is 5.91. The third-order valence-electron chi connectivity index (χ3n) is 3.96. The molecule has 1 N–H and O–H groups in total. The highest BCUT2D eigenvalue weighted by molar-refractivity contribution is 6.31. The van der Waals surface area contributed by atoms with E-state index < -0.39 is 11.7 Å². The Morgan fingerprint density at radius 3 is 2.72 bits per heavy atom. The summed E-state index contributed by atoms with van der Waals surface area (Å²) in [5.41, 5.74) is 0.662. The Balaban J connectivity index is 1.77. The van der Waals surface area contributed by atoms with Crippen LogP contribution in [0.15, 0.2) is 71.3 Å². The fourth-order valence-corrected chi connectivity index (χ4v) is 2.80. The molecule has 29 heavy (non-hydrogen) atoms. The van der Waals surface area contributed by atoms with Crippen molar-refractivity contribution in [3.8, 4) is 11.4 Å². The molecule has 0 aliphatic carbocycles. The highest BCUT2D eigenvalue weighted by atomic mass is 35.5. The summed E-state index contributed by atoms with van der Waals surface area (Å²) in [6.07, 6.45) is 2.93. The van der Waals surface area contributed by atoms with Crippen molar-refractivity contribution in [1.82, 2.24) is 20.2 Å². The lowest BCUT2D eigenvalue weighted by Gasteiger charge is -2.11. The molecule has 144 valence electrons. The largest absolute Gasteiger partial charge is 0.465 e. The van der Waals surface area contributed by atoms with Gasteiger partial charge < -0.3 is 9.73 Å². The van der Waals surface area contributed by atoms with Crippen LogP contribution in [0.5, 0.6) is 0 Å². The maximum Gasteiger partial charge on any atom is 0.274 e. The summed E-state index contributed by atoms with van der Waals surface area (Å²) in [7, 11) is 0. The first-order valence-corrected chi connectivity index (χ1v) is 8.85. The Bertz CT molecular complexity index is 1170. The molecule has 0 fully saturated rings. The fraction of sp³-hybridized carbons (Fsp3) is 0. The Hall–Kier alpha value is -3.78. The number of carbonyl (C=O) groups is 1. The van der Waals surface area contributed by atoms with Crippen LogP contribution in [0.25, 0.3) is 23.2 Å². The van der Waals surface area contributed by atoms with Crippen molar-refractivity contribution < 1.29 is 13.6 Å². The van der Waals surface area contributed by atoms with Gasteiger partial charge in [-0.25, -0.2) is 4.39 Å². The summed E-state index contributed by atoms with van der Waals surface area (Å²) in [6.45, 7) is 0. The zero-order valence-corrected chi connectivity index (χ0v) is 15.5. The SMILES string of the molecule is O=C(Nc1cc(Cl)ccc1F)/C(=C\c1ccco1)n1nnnc1-c1ccccc1. The van der Waals surface area contributed by atoms with Crippen LogP contribution >= 0.6 is 11.6 Å². The van der Waals surface area contributed by atoms with E-state index in [1.807, 2.05) is 18.2 Å². The van der Waals surface area contributed by atoms with Crippen molar-refractivity contribution in [1.29, 1.82) is 0 Å². The van der Waals surface area contributed by atoms with Crippen LogP contribution in [-0.2, 0) is 4.79 Å². The number of halogens is 2. The van der Waals surface area contributed by atoms with Gasteiger partial charge in [-0.3, -0.25) is 4.79 Å². The molecule has 1 amide bonds. The summed E-state index contributed by atoms with van der Waals surface area (Å²) in [5.74, 6) is -0.534. The van der Waals surface area contributed by atoms with Gasteiger partial charge in [0.05, 0.1) is 12.0 Å². The lowest BCUT2D eigenvalue weighted by molar-refractivity contribution is -0.111. The van der Waals surface area contributed by atoms with Gasteiger partial charge in [0.15, 0.2) is 5.82 Å². The van der Waals surface area contributed by atoms with E-state index in [0.717, 1.165) is 0 Å². The third kappa shape index (κ3) is 4.07. The van der Waals surface area contributed by atoms with Gasteiger partial charge >= 0.3 is 0 Å². The summed E-state index contributed by atoms with van der Waals surface area (Å²) < 4.78 is 20.7. The van der Waals surface area contributed by atoms with Gasteiger partial charge in [-0.2, -0.15) is 4.68 Å². The molecule has 0 spiro atoms. The first kappa shape index (κ1) is 18.6. The van der Waals surface area contributed by atoms with Gasteiger partial charge in [-0.05, 0) is 40.8 Å². The van der Waals surface area contributed by atoms with Crippen molar-refractivity contribution >= 4 is 35.0 Å². The molecule has 0 saturated carbocycles. The number of hydrogen-bond acceptors (Lipinski definition) is 5. The van der Waals surface area contributed by atoms with Crippen LogP contribution in [-0.4, -0.2) is 26.1 Å². The second-order valence-corrected chi connectivity index (χ2v) is 6.34. The lowest BCUT2D eigenvalue weighted by Crippen LogP contribution is -2.20. The van der Waals surface area contributed by atoms with Gasteiger partial charge in [0.25, 0.3) is 5.91 Å². The average molecular weight is 410 g/mol. The van der Waals surface area contributed by atoms with E-state index in [4.69, 9.17) is 16.0 Å². The number of furan rings is 1. The summed E-state index contributed by atoms with van der Waals surface area (Å²) in [5, 5.41) is 14.4. The number of amides is 1. The molecular formula is C20H13ClFN5O2. The summed E-state index contributed by atoms with van der Waals surface area (Å²) in [4.78, 5) is 13.0. The van der Waals surface area contributed by atoms with Gasteiger partial charge in [0.2, 0.25) is 0 Å². The highest BCUT2D eigenvalue weighted by Gasteiger charge is 2.21. The van der Waals surface area contributed by atoms with Crippen LogP contribution in [0.3, 0.4) is 0 Å². The monoisotopic (exact) mass is 409 g/mol. The number of nitrogens with one attached hydrogen (secondary N) is 1. The van der Waals surface area contributed by atoms with Crippen molar-refractivity contribution in [2.75, 3.05) is 5.32 Å². The van der Waals surface area contributed by atoms with Crippen molar-refractivity contribution in [2.24, 2.45) is 0 Å². The van der Waals surface area contributed by atoms with Gasteiger partial charge in [0.1, 0.15) is 17.3 Å². The van der Waals surface area contributed by atoms with E-state index in [1.54, 1.807) is 24.3 Å². The average Bonchev–Trinajstić information content (AvgIpc) is 3.41. The topological polar surface area (TPSA) is 85.8 Å². The maximum atomic E-state index is 14.1. The molecule has 9 heteroatoms.